The third-order valence-electron chi connectivity index (χ3n) is 17.0. The quantitative estimate of drug-likeness (QED) is 0.140. The topological polar surface area (TPSA) is 6.48 Å². The monoisotopic (exact) mass is 984 g/mol. The number of hydrogen-bond donors (Lipinski definition) is 0. The molecule has 12 aromatic rings. The minimum atomic E-state index is -0.320. The van der Waals surface area contributed by atoms with Gasteiger partial charge in [0, 0.05) is 33.0 Å². The van der Waals surface area contributed by atoms with E-state index in [9.17, 15) is 0 Å². The maximum atomic E-state index is 17.3. The lowest BCUT2D eigenvalue weighted by molar-refractivity contribution is 0.628. The molecular weight excluding hydrogens is 931 g/mol. The van der Waals surface area contributed by atoms with E-state index < -0.39 is 0 Å². The van der Waals surface area contributed by atoms with E-state index >= 15 is 8.78 Å². The van der Waals surface area contributed by atoms with Crippen molar-refractivity contribution >= 4 is 66.4 Å². The molecule has 0 aliphatic heterocycles. The van der Waals surface area contributed by atoms with Crippen molar-refractivity contribution < 1.29 is 8.78 Å². The first-order valence-electron chi connectivity index (χ1n) is 26.4. The van der Waals surface area contributed by atoms with Gasteiger partial charge in [-0.05, 0) is 162 Å². The number of hydrogen-bond acceptors (Lipinski definition) is 2. The molecule has 0 amide bonds. The number of benzene rings is 12. The van der Waals surface area contributed by atoms with Crippen molar-refractivity contribution in [1.29, 1.82) is 0 Å². The van der Waals surface area contributed by atoms with Gasteiger partial charge >= 0.3 is 0 Å². The summed E-state index contributed by atoms with van der Waals surface area (Å²) in [5.74, 6) is -0.640. The van der Waals surface area contributed by atoms with Crippen LogP contribution in [0.15, 0.2) is 218 Å². The Bertz CT molecular complexity index is 4060. The predicted molar refractivity (Wildman–Crippen MR) is 315 cm³/mol. The van der Waals surface area contributed by atoms with E-state index in [4.69, 9.17) is 0 Å². The highest BCUT2D eigenvalue weighted by atomic mass is 19.1. The van der Waals surface area contributed by atoms with E-state index in [1.165, 1.54) is 33.4 Å². The summed E-state index contributed by atoms with van der Waals surface area (Å²) in [7, 11) is 0. The van der Waals surface area contributed by atoms with Crippen molar-refractivity contribution in [3.63, 3.8) is 0 Å². The van der Waals surface area contributed by atoms with Crippen molar-refractivity contribution in [2.24, 2.45) is 0 Å². The second-order valence-electron chi connectivity index (χ2n) is 22.0. The molecular formula is C72H54F2N2. The Balaban J connectivity index is 1.03. The molecule has 0 unspecified atom stereocenters. The lowest BCUT2D eigenvalue weighted by Crippen LogP contribution is -2.17. The Morgan fingerprint density at radius 1 is 0.303 bits per heavy atom. The lowest BCUT2D eigenvalue weighted by atomic mass is 9.82. The second kappa shape index (κ2) is 16.8. The summed E-state index contributed by atoms with van der Waals surface area (Å²) in [4.78, 5) is 4.31. The van der Waals surface area contributed by atoms with Gasteiger partial charge < -0.3 is 9.80 Å². The number of fused-ring (bicyclic) bond motifs is 6. The molecule has 0 saturated heterocycles. The van der Waals surface area contributed by atoms with E-state index in [1.807, 2.05) is 60.7 Å². The van der Waals surface area contributed by atoms with Crippen LogP contribution < -0.4 is 9.80 Å². The Morgan fingerprint density at radius 3 is 1.11 bits per heavy atom. The fourth-order valence-corrected chi connectivity index (χ4v) is 13.1. The van der Waals surface area contributed by atoms with Crippen LogP contribution in [0, 0.1) is 25.5 Å². The fraction of sp³-hybridized carbons (Fsp3) is 0.111. The van der Waals surface area contributed by atoms with Crippen LogP contribution in [-0.2, 0) is 10.8 Å². The third kappa shape index (κ3) is 6.76. The van der Waals surface area contributed by atoms with E-state index in [0.29, 0.717) is 11.4 Å². The van der Waals surface area contributed by atoms with Crippen molar-refractivity contribution in [1.82, 2.24) is 0 Å². The van der Waals surface area contributed by atoms with Gasteiger partial charge in [0.15, 0.2) is 0 Å². The summed E-state index contributed by atoms with van der Waals surface area (Å²) in [6, 6.07) is 75.4. The predicted octanol–water partition coefficient (Wildman–Crippen LogP) is 20.4. The fourth-order valence-electron chi connectivity index (χ4n) is 13.1. The van der Waals surface area contributed by atoms with E-state index in [2.05, 4.69) is 197 Å². The van der Waals surface area contributed by atoms with Gasteiger partial charge in [0.05, 0.1) is 22.7 Å². The molecule has 2 aliphatic rings. The molecule has 76 heavy (non-hydrogen) atoms. The molecule has 2 nitrogen and oxygen atoms in total. The third-order valence-corrected chi connectivity index (χ3v) is 17.0. The van der Waals surface area contributed by atoms with Crippen LogP contribution in [-0.4, -0.2) is 0 Å². The summed E-state index contributed by atoms with van der Waals surface area (Å²) in [5, 5.41) is 6.20. The van der Waals surface area contributed by atoms with Gasteiger partial charge in [0.2, 0.25) is 0 Å². The van der Waals surface area contributed by atoms with Gasteiger partial charge in [-0.3, -0.25) is 0 Å². The Kier molecular flexibility index (Phi) is 10.1. The normalized spacial score (nSPS) is 13.7. The van der Waals surface area contributed by atoms with E-state index in [1.54, 1.807) is 12.1 Å². The summed E-state index contributed by atoms with van der Waals surface area (Å²) in [6.45, 7) is 13.5. The average Bonchev–Trinajstić information content (AvgIpc) is 3.87. The molecule has 0 radical (unpaired) electrons. The minimum Gasteiger partial charge on any atom is -0.307 e. The number of anilines is 6. The zero-order valence-electron chi connectivity index (χ0n) is 43.4. The van der Waals surface area contributed by atoms with E-state index in [-0.39, 0.29) is 22.5 Å². The number of aryl methyl sites for hydroxylation is 2. The van der Waals surface area contributed by atoms with Crippen LogP contribution in [0.25, 0.3) is 76.8 Å². The smallest absolute Gasteiger partial charge is 0.147 e. The van der Waals surface area contributed by atoms with Crippen molar-refractivity contribution in [3.05, 3.63) is 263 Å². The molecule has 0 fully saturated rings. The Morgan fingerprint density at radius 2 is 0.684 bits per heavy atom. The number of nitrogens with zero attached hydrogens (tertiary/aromatic N) is 2. The van der Waals surface area contributed by atoms with Gasteiger partial charge in [-0.15, -0.1) is 0 Å². The minimum absolute atomic E-state index is 0.206. The second-order valence-corrected chi connectivity index (χ2v) is 22.0. The van der Waals surface area contributed by atoms with Crippen LogP contribution in [0.4, 0.5) is 42.9 Å². The highest BCUT2D eigenvalue weighted by Crippen LogP contribution is 2.56. The number of rotatable bonds is 8. The van der Waals surface area contributed by atoms with Crippen LogP contribution in [0.1, 0.15) is 61.1 Å². The Labute approximate surface area is 443 Å². The van der Waals surface area contributed by atoms with Crippen molar-refractivity contribution in [3.8, 4) is 44.5 Å². The highest BCUT2D eigenvalue weighted by molar-refractivity contribution is 6.28. The van der Waals surface area contributed by atoms with Gasteiger partial charge in [0.25, 0.3) is 0 Å². The molecule has 2 aliphatic carbocycles. The van der Waals surface area contributed by atoms with E-state index in [0.717, 1.165) is 99.6 Å². The molecule has 0 spiro atoms. The molecule has 0 atom stereocenters. The molecule has 12 aromatic carbocycles. The Hall–Kier alpha value is -8.86. The summed E-state index contributed by atoms with van der Waals surface area (Å²) in [6.07, 6.45) is 0. The first kappa shape index (κ1) is 45.7. The van der Waals surface area contributed by atoms with Crippen LogP contribution in [0.2, 0.25) is 0 Å². The molecule has 366 valence electrons. The first-order chi connectivity index (χ1) is 36.9. The largest absolute Gasteiger partial charge is 0.307 e. The molecule has 0 bridgehead atoms. The maximum absolute atomic E-state index is 17.3. The van der Waals surface area contributed by atoms with Gasteiger partial charge in [-0.25, -0.2) is 8.78 Å². The molecule has 0 N–H and O–H groups in total. The molecule has 0 heterocycles. The summed E-state index contributed by atoms with van der Waals surface area (Å²) in [5.41, 5.74) is 19.8. The van der Waals surface area contributed by atoms with Gasteiger partial charge in [0.1, 0.15) is 11.6 Å². The maximum Gasteiger partial charge on any atom is 0.147 e. The van der Waals surface area contributed by atoms with Crippen molar-refractivity contribution in [2.75, 3.05) is 9.80 Å². The molecule has 4 heteroatoms. The van der Waals surface area contributed by atoms with Gasteiger partial charge in [-0.1, -0.05) is 198 Å². The van der Waals surface area contributed by atoms with Crippen molar-refractivity contribution in [2.45, 2.75) is 52.4 Å². The van der Waals surface area contributed by atoms with Gasteiger partial charge in [-0.2, -0.15) is 0 Å². The van der Waals surface area contributed by atoms with Crippen LogP contribution >= 0.6 is 0 Å². The summed E-state index contributed by atoms with van der Waals surface area (Å²) >= 11 is 0. The zero-order valence-corrected chi connectivity index (χ0v) is 43.4. The van der Waals surface area contributed by atoms with Crippen LogP contribution in [0.3, 0.4) is 0 Å². The average molecular weight is 985 g/mol. The highest BCUT2D eigenvalue weighted by Gasteiger charge is 2.38. The standard InChI is InChI=1S/C72H54F2N2/c1-43-37-59-55(51-21-13-15-23-57(51)71(59,3)4)41-65(43)75(67-39-49(27-33-61(67)73)45-17-9-7-10-18-45)63-35-29-47-26-32-54-64(36-30-48-25-31-53(63)69(47)70(48)54)76(68-40-50(28-34-62(68)74)46-19-11-8-12-20-46)66-42-56-52-22-14-16-24-58(52)72(5,6)60(56)38-44(66)2/h7-42H,1-6H3. The number of halogens is 2. The molecule has 0 aromatic heterocycles. The summed E-state index contributed by atoms with van der Waals surface area (Å²) < 4.78 is 34.5. The SMILES string of the molecule is Cc1cc2c(cc1N(c1cc(-c3ccccc3)ccc1F)c1ccc3ccc4c(N(c5cc6c(cc5C)C(C)(C)c5ccccc5-6)c5cc(-c6ccccc6)ccc5F)ccc5ccc1c3c54)-c1ccccc1C2(C)C. The first-order valence-corrected chi connectivity index (χ1v) is 26.4. The lowest BCUT2D eigenvalue weighted by Gasteiger charge is -2.32. The van der Waals surface area contributed by atoms with Crippen LogP contribution in [0.5, 0.6) is 0 Å². The molecule has 0 saturated carbocycles. The molecule has 14 rings (SSSR count). The zero-order chi connectivity index (χ0) is 51.8.